The number of rotatable bonds is 4. The van der Waals surface area contributed by atoms with Gasteiger partial charge in [0.05, 0.1) is 15.5 Å². The van der Waals surface area contributed by atoms with Crippen molar-refractivity contribution < 1.29 is 9.21 Å². The maximum atomic E-state index is 13.2. The van der Waals surface area contributed by atoms with E-state index in [4.69, 9.17) is 29.3 Å². The Morgan fingerprint density at radius 2 is 1.72 bits per heavy atom. The quantitative estimate of drug-likeness (QED) is 0.347. The lowest BCUT2D eigenvalue weighted by molar-refractivity contribution is 0.101. The zero-order chi connectivity index (χ0) is 20.8. The smallest absolute Gasteiger partial charge is 0.194 e. The first-order valence-electron chi connectivity index (χ1n) is 10.1. The van der Waals surface area contributed by atoms with E-state index < -0.39 is 5.41 Å². The van der Waals surface area contributed by atoms with Crippen molar-refractivity contribution in [1.29, 1.82) is 0 Å². The Balaban J connectivity index is 2.06. The Bertz CT molecular complexity index is 1210. The molecule has 1 aliphatic rings. The Morgan fingerprint density at radius 1 is 1.03 bits per heavy atom. The minimum absolute atomic E-state index is 0.0387. The molecule has 0 radical (unpaired) electrons. The summed E-state index contributed by atoms with van der Waals surface area (Å²) >= 11 is 10.6. The van der Waals surface area contributed by atoms with E-state index in [1.165, 1.54) is 0 Å². The number of hydrogen-bond acceptors (Lipinski definition) is 4. The first kappa shape index (κ1) is 20.1. The van der Waals surface area contributed by atoms with Crippen LogP contribution in [0.5, 0.6) is 0 Å². The second kappa shape index (κ2) is 7.58. The molecule has 4 heteroatoms. The Kier molecular flexibility index (Phi) is 5.26. The van der Waals surface area contributed by atoms with Crippen LogP contribution in [-0.4, -0.2) is 5.78 Å². The number of Topliss-reactive ketones (excluding diaryl/α,β-unsaturated/α-hetero) is 1. The molecule has 0 amide bonds. The Hall–Kier alpha value is -2.17. The number of benzene rings is 2. The fourth-order valence-electron chi connectivity index (χ4n) is 4.51. The van der Waals surface area contributed by atoms with Crippen LogP contribution in [0.4, 0.5) is 0 Å². The molecule has 2 nitrogen and oxygen atoms in total. The van der Waals surface area contributed by atoms with Gasteiger partial charge in [0.2, 0.25) is 0 Å². The van der Waals surface area contributed by atoms with Gasteiger partial charge in [0.1, 0.15) is 11.5 Å². The molecular formula is C25H24O2S2. The van der Waals surface area contributed by atoms with Crippen molar-refractivity contribution in [3.05, 3.63) is 74.8 Å². The van der Waals surface area contributed by atoms with Crippen LogP contribution in [-0.2, 0) is 5.41 Å². The molecule has 29 heavy (non-hydrogen) atoms. The third-order valence-corrected chi connectivity index (χ3v) is 7.26. The van der Waals surface area contributed by atoms with Gasteiger partial charge in [-0.3, -0.25) is 4.79 Å². The van der Waals surface area contributed by atoms with E-state index in [0.717, 1.165) is 39.7 Å². The molecule has 3 aromatic rings. The highest BCUT2D eigenvalue weighted by molar-refractivity contribution is 7.84. The summed E-state index contributed by atoms with van der Waals surface area (Å²) in [4.78, 5) is 14.1. The van der Waals surface area contributed by atoms with Crippen LogP contribution in [0.15, 0.2) is 63.4 Å². The number of allylic oxidation sites excluding steroid dienone is 2. The molecule has 0 spiro atoms. The van der Waals surface area contributed by atoms with E-state index in [-0.39, 0.29) is 5.78 Å². The van der Waals surface area contributed by atoms with Gasteiger partial charge in [0.15, 0.2) is 5.78 Å². The standard InChI is InChI=1S/C25H24O2S2/c1-4-16-22(26)21-20(28)14-19(27-23(21)25(5-2,6-3)24(16)29)18-13-9-11-15-10-7-8-12-17(15)18/h7-14,29H,4-6H2,1-3H3. The first-order chi connectivity index (χ1) is 14.0. The van der Waals surface area contributed by atoms with Crippen LogP contribution in [0.2, 0.25) is 0 Å². The number of ketones is 1. The second-order valence-corrected chi connectivity index (χ2v) is 8.39. The molecule has 0 saturated carbocycles. The summed E-state index contributed by atoms with van der Waals surface area (Å²) in [5.41, 5.74) is 1.86. The van der Waals surface area contributed by atoms with E-state index in [2.05, 4.69) is 32.0 Å². The van der Waals surface area contributed by atoms with E-state index in [0.29, 0.717) is 28.0 Å². The number of carbonyl (C=O) groups excluding carboxylic acids is 1. The highest BCUT2D eigenvalue weighted by atomic mass is 32.1. The monoisotopic (exact) mass is 420 g/mol. The summed E-state index contributed by atoms with van der Waals surface area (Å²) in [7, 11) is 0. The summed E-state index contributed by atoms with van der Waals surface area (Å²) in [6.45, 7) is 6.24. The van der Waals surface area contributed by atoms with Gasteiger partial charge in [-0.05, 0) is 30.0 Å². The summed E-state index contributed by atoms with van der Waals surface area (Å²) in [6.07, 6.45) is 2.23. The molecule has 1 aliphatic carbocycles. The minimum Gasteiger partial charge on any atom is -0.459 e. The van der Waals surface area contributed by atoms with Crippen LogP contribution in [0.3, 0.4) is 0 Å². The predicted molar refractivity (Wildman–Crippen MR) is 125 cm³/mol. The van der Waals surface area contributed by atoms with Crippen molar-refractivity contribution in [2.75, 3.05) is 0 Å². The van der Waals surface area contributed by atoms with Gasteiger partial charge in [0, 0.05) is 22.1 Å². The summed E-state index contributed by atoms with van der Waals surface area (Å²) in [6, 6.07) is 16.2. The SMILES string of the molecule is CCC1=C(S)C(CC)(CC)c2oc(-c3cccc4ccccc34)cc(=S)c2C1=O. The van der Waals surface area contributed by atoms with Crippen molar-refractivity contribution in [2.24, 2.45) is 0 Å². The van der Waals surface area contributed by atoms with Crippen LogP contribution in [0.25, 0.3) is 22.1 Å². The molecular weight excluding hydrogens is 396 g/mol. The van der Waals surface area contributed by atoms with Gasteiger partial charge in [-0.15, -0.1) is 12.6 Å². The molecule has 148 valence electrons. The van der Waals surface area contributed by atoms with Crippen LogP contribution >= 0.6 is 24.8 Å². The van der Waals surface area contributed by atoms with Crippen molar-refractivity contribution >= 4 is 41.4 Å². The van der Waals surface area contributed by atoms with Gasteiger partial charge in [-0.2, -0.15) is 0 Å². The number of thiol groups is 1. The summed E-state index contributed by atoms with van der Waals surface area (Å²) in [5, 5.41) is 2.24. The number of carbonyl (C=O) groups is 1. The molecule has 1 aromatic heterocycles. The lowest BCUT2D eigenvalue weighted by atomic mass is 9.71. The van der Waals surface area contributed by atoms with Gasteiger partial charge in [-0.25, -0.2) is 0 Å². The second-order valence-electron chi connectivity index (χ2n) is 7.50. The molecule has 0 fully saturated rings. The average Bonchev–Trinajstić information content (AvgIpc) is 2.74. The molecule has 0 atom stereocenters. The highest BCUT2D eigenvalue weighted by Crippen LogP contribution is 2.49. The van der Waals surface area contributed by atoms with Gasteiger partial charge < -0.3 is 4.42 Å². The van der Waals surface area contributed by atoms with Gasteiger partial charge >= 0.3 is 0 Å². The third kappa shape index (κ3) is 2.92. The fraction of sp³-hybridized carbons (Fsp3) is 0.280. The largest absolute Gasteiger partial charge is 0.459 e. The number of fused-ring (bicyclic) bond motifs is 2. The lowest BCUT2D eigenvalue weighted by Gasteiger charge is -2.37. The van der Waals surface area contributed by atoms with Crippen molar-refractivity contribution in [3.63, 3.8) is 0 Å². The van der Waals surface area contributed by atoms with Crippen LogP contribution in [0, 0.1) is 4.51 Å². The highest BCUT2D eigenvalue weighted by Gasteiger charge is 2.44. The van der Waals surface area contributed by atoms with E-state index in [1.807, 2.05) is 37.3 Å². The molecule has 0 aliphatic heterocycles. The van der Waals surface area contributed by atoms with E-state index >= 15 is 0 Å². The number of hydrogen-bond donors (Lipinski definition) is 1. The molecule has 0 N–H and O–H groups in total. The molecule has 0 bridgehead atoms. The average molecular weight is 421 g/mol. The maximum Gasteiger partial charge on any atom is 0.194 e. The molecule has 0 unspecified atom stereocenters. The zero-order valence-electron chi connectivity index (χ0n) is 16.9. The molecule has 0 saturated heterocycles. The van der Waals surface area contributed by atoms with Crippen molar-refractivity contribution in [3.8, 4) is 11.3 Å². The van der Waals surface area contributed by atoms with E-state index in [9.17, 15) is 4.79 Å². The summed E-state index contributed by atoms with van der Waals surface area (Å²) in [5.74, 6) is 1.33. The Morgan fingerprint density at radius 3 is 2.41 bits per heavy atom. The minimum atomic E-state index is -0.425. The normalized spacial score (nSPS) is 15.7. The van der Waals surface area contributed by atoms with Crippen molar-refractivity contribution in [2.45, 2.75) is 45.4 Å². The fourth-order valence-corrected chi connectivity index (χ4v) is 5.48. The van der Waals surface area contributed by atoms with E-state index in [1.54, 1.807) is 0 Å². The summed E-state index contributed by atoms with van der Waals surface area (Å²) < 4.78 is 7.09. The molecule has 2 aromatic carbocycles. The lowest BCUT2D eigenvalue weighted by Crippen LogP contribution is -2.34. The predicted octanol–water partition coefficient (Wildman–Crippen LogP) is 7.68. The topological polar surface area (TPSA) is 30.2 Å². The first-order valence-corrected chi connectivity index (χ1v) is 11.0. The zero-order valence-corrected chi connectivity index (χ0v) is 18.6. The molecule has 1 heterocycles. The van der Waals surface area contributed by atoms with Gasteiger partial charge in [-0.1, -0.05) is 75.5 Å². The Labute approximate surface area is 182 Å². The van der Waals surface area contributed by atoms with Crippen LogP contribution < -0.4 is 0 Å². The third-order valence-electron chi connectivity index (χ3n) is 6.24. The molecule has 4 rings (SSSR count). The van der Waals surface area contributed by atoms with Crippen LogP contribution in [0.1, 0.15) is 56.2 Å². The van der Waals surface area contributed by atoms with Crippen molar-refractivity contribution in [1.82, 2.24) is 0 Å². The maximum absolute atomic E-state index is 13.2. The van der Waals surface area contributed by atoms with Gasteiger partial charge in [0.25, 0.3) is 0 Å².